The van der Waals surface area contributed by atoms with Crippen LogP contribution in [-0.2, 0) is 0 Å². The monoisotopic (exact) mass is 282 g/mol. The molecular formula is C14H19BrO. The van der Waals surface area contributed by atoms with Gasteiger partial charge < -0.3 is 4.74 Å². The number of benzene rings is 1. The van der Waals surface area contributed by atoms with Gasteiger partial charge in [0.25, 0.3) is 0 Å². The molecule has 2 heteroatoms. The molecule has 0 amide bonds. The Kier molecular flexibility index (Phi) is 3.91. The van der Waals surface area contributed by atoms with E-state index in [0.717, 1.165) is 22.1 Å². The summed E-state index contributed by atoms with van der Waals surface area (Å²) in [5.74, 6) is 2.61. The summed E-state index contributed by atoms with van der Waals surface area (Å²) in [6.07, 6.45) is 4.05. The Balaban J connectivity index is 1.98. The highest BCUT2D eigenvalue weighted by molar-refractivity contribution is 9.10. The van der Waals surface area contributed by atoms with Crippen molar-refractivity contribution in [1.29, 1.82) is 0 Å². The van der Waals surface area contributed by atoms with E-state index in [1.807, 2.05) is 24.3 Å². The number of ether oxygens (including phenoxy) is 1. The first-order valence-electron chi connectivity index (χ1n) is 6.08. The van der Waals surface area contributed by atoms with Gasteiger partial charge in [-0.1, -0.05) is 26.0 Å². The van der Waals surface area contributed by atoms with Crippen LogP contribution in [0, 0.1) is 11.8 Å². The van der Waals surface area contributed by atoms with Crippen LogP contribution in [0.3, 0.4) is 0 Å². The van der Waals surface area contributed by atoms with E-state index in [1.54, 1.807) is 0 Å². The van der Waals surface area contributed by atoms with Crippen LogP contribution in [0.4, 0.5) is 0 Å². The molecule has 2 rings (SSSR count). The minimum Gasteiger partial charge on any atom is -0.489 e. The van der Waals surface area contributed by atoms with Gasteiger partial charge >= 0.3 is 0 Å². The number of halogens is 1. The Morgan fingerprint density at radius 2 is 1.88 bits per heavy atom. The Morgan fingerprint density at radius 3 is 2.56 bits per heavy atom. The lowest BCUT2D eigenvalue weighted by molar-refractivity contribution is 0.0999. The molecule has 0 aliphatic heterocycles. The van der Waals surface area contributed by atoms with E-state index >= 15 is 0 Å². The molecule has 1 aliphatic rings. The minimum absolute atomic E-state index is 0.393. The Hall–Kier alpha value is -0.500. The van der Waals surface area contributed by atoms with Crippen LogP contribution in [0.2, 0.25) is 0 Å². The van der Waals surface area contributed by atoms with Crippen molar-refractivity contribution in [3.8, 4) is 5.75 Å². The molecule has 1 aromatic carbocycles. The molecule has 0 bridgehead atoms. The Labute approximate surface area is 106 Å². The first kappa shape index (κ1) is 12.0. The topological polar surface area (TPSA) is 9.23 Å². The van der Waals surface area contributed by atoms with Crippen molar-refractivity contribution in [2.75, 3.05) is 0 Å². The van der Waals surface area contributed by atoms with Gasteiger partial charge in [0.1, 0.15) is 5.75 Å². The molecule has 0 spiro atoms. The number of hydrogen-bond donors (Lipinski definition) is 0. The normalized spacial score (nSPS) is 30.1. The van der Waals surface area contributed by atoms with E-state index in [2.05, 4.69) is 29.8 Å². The first-order chi connectivity index (χ1) is 7.66. The standard InChI is InChI=1S/C14H19BrO/c1-10-7-8-12(9-11(10)2)16-14-6-4-3-5-13(14)15/h3-6,10-12H,7-9H2,1-2H3. The van der Waals surface area contributed by atoms with Gasteiger partial charge in [-0.05, 0) is 59.2 Å². The Bertz CT molecular complexity index is 350. The van der Waals surface area contributed by atoms with E-state index in [4.69, 9.17) is 4.74 Å². The largest absolute Gasteiger partial charge is 0.489 e. The first-order valence-corrected chi connectivity index (χ1v) is 6.87. The number of rotatable bonds is 2. The van der Waals surface area contributed by atoms with Crippen LogP contribution in [-0.4, -0.2) is 6.10 Å². The molecule has 0 heterocycles. The maximum Gasteiger partial charge on any atom is 0.133 e. The molecule has 3 atom stereocenters. The lowest BCUT2D eigenvalue weighted by Crippen LogP contribution is -2.28. The van der Waals surface area contributed by atoms with Gasteiger partial charge in [0, 0.05) is 0 Å². The van der Waals surface area contributed by atoms with Crippen molar-refractivity contribution in [1.82, 2.24) is 0 Å². The maximum absolute atomic E-state index is 6.06. The van der Waals surface area contributed by atoms with Crippen LogP contribution in [0.1, 0.15) is 33.1 Å². The molecule has 0 saturated heterocycles. The highest BCUT2D eigenvalue weighted by atomic mass is 79.9. The molecule has 1 aromatic rings. The average molecular weight is 283 g/mol. The molecule has 1 nitrogen and oxygen atoms in total. The summed E-state index contributed by atoms with van der Waals surface area (Å²) >= 11 is 3.53. The predicted molar refractivity (Wildman–Crippen MR) is 70.7 cm³/mol. The SMILES string of the molecule is CC1CCC(Oc2ccccc2Br)CC1C. The minimum atomic E-state index is 0.393. The third kappa shape index (κ3) is 2.79. The van der Waals surface area contributed by atoms with Crippen molar-refractivity contribution in [3.05, 3.63) is 28.7 Å². The zero-order chi connectivity index (χ0) is 11.5. The lowest BCUT2D eigenvalue weighted by Gasteiger charge is -2.32. The summed E-state index contributed by atoms with van der Waals surface area (Å²) in [6.45, 7) is 4.68. The second-order valence-corrected chi connectivity index (χ2v) is 5.79. The van der Waals surface area contributed by atoms with Gasteiger partial charge in [0.2, 0.25) is 0 Å². The molecule has 1 fully saturated rings. The lowest BCUT2D eigenvalue weighted by atomic mass is 9.80. The van der Waals surface area contributed by atoms with Crippen LogP contribution >= 0.6 is 15.9 Å². The van der Waals surface area contributed by atoms with Gasteiger partial charge in [-0.3, -0.25) is 0 Å². The summed E-state index contributed by atoms with van der Waals surface area (Å²) in [6, 6.07) is 8.11. The van der Waals surface area contributed by atoms with Gasteiger partial charge in [-0.25, -0.2) is 0 Å². The molecular weight excluding hydrogens is 264 g/mol. The van der Waals surface area contributed by atoms with Crippen molar-refractivity contribution in [2.24, 2.45) is 11.8 Å². The van der Waals surface area contributed by atoms with Crippen LogP contribution in [0.5, 0.6) is 5.75 Å². The zero-order valence-electron chi connectivity index (χ0n) is 9.95. The zero-order valence-corrected chi connectivity index (χ0v) is 11.5. The van der Waals surface area contributed by atoms with Crippen molar-refractivity contribution >= 4 is 15.9 Å². The highest BCUT2D eigenvalue weighted by Gasteiger charge is 2.25. The summed E-state index contributed by atoms with van der Waals surface area (Å²) in [5, 5.41) is 0. The van der Waals surface area contributed by atoms with Crippen molar-refractivity contribution < 1.29 is 4.74 Å². The van der Waals surface area contributed by atoms with E-state index in [9.17, 15) is 0 Å². The van der Waals surface area contributed by atoms with E-state index in [1.165, 1.54) is 19.3 Å². The summed E-state index contributed by atoms with van der Waals surface area (Å²) in [5.41, 5.74) is 0. The van der Waals surface area contributed by atoms with E-state index in [0.29, 0.717) is 6.10 Å². The fourth-order valence-corrected chi connectivity index (χ4v) is 2.70. The van der Waals surface area contributed by atoms with E-state index < -0.39 is 0 Å². The van der Waals surface area contributed by atoms with Crippen molar-refractivity contribution in [3.63, 3.8) is 0 Å². The van der Waals surface area contributed by atoms with Crippen LogP contribution < -0.4 is 4.74 Å². The molecule has 16 heavy (non-hydrogen) atoms. The van der Waals surface area contributed by atoms with E-state index in [-0.39, 0.29) is 0 Å². The second-order valence-electron chi connectivity index (χ2n) is 4.94. The summed E-state index contributed by atoms with van der Waals surface area (Å²) < 4.78 is 7.11. The fraction of sp³-hybridized carbons (Fsp3) is 0.571. The molecule has 0 radical (unpaired) electrons. The number of hydrogen-bond acceptors (Lipinski definition) is 1. The molecule has 0 aromatic heterocycles. The smallest absolute Gasteiger partial charge is 0.133 e. The Morgan fingerprint density at radius 1 is 1.12 bits per heavy atom. The summed E-state index contributed by atoms with van der Waals surface area (Å²) in [4.78, 5) is 0. The highest BCUT2D eigenvalue weighted by Crippen LogP contribution is 2.33. The third-order valence-electron chi connectivity index (χ3n) is 3.68. The van der Waals surface area contributed by atoms with Gasteiger partial charge in [-0.2, -0.15) is 0 Å². The van der Waals surface area contributed by atoms with Crippen molar-refractivity contribution in [2.45, 2.75) is 39.2 Å². The number of para-hydroxylation sites is 1. The van der Waals surface area contributed by atoms with Gasteiger partial charge in [0.05, 0.1) is 10.6 Å². The van der Waals surface area contributed by atoms with Crippen LogP contribution in [0.15, 0.2) is 28.7 Å². The maximum atomic E-state index is 6.06. The second kappa shape index (κ2) is 5.22. The molecule has 1 saturated carbocycles. The third-order valence-corrected chi connectivity index (χ3v) is 4.34. The molecule has 3 unspecified atom stereocenters. The molecule has 1 aliphatic carbocycles. The fourth-order valence-electron chi connectivity index (χ4n) is 2.33. The van der Waals surface area contributed by atoms with Crippen LogP contribution in [0.25, 0.3) is 0 Å². The molecule has 88 valence electrons. The van der Waals surface area contributed by atoms with Gasteiger partial charge in [-0.15, -0.1) is 0 Å². The van der Waals surface area contributed by atoms with Gasteiger partial charge in [0.15, 0.2) is 0 Å². The predicted octanol–water partition coefficient (Wildman–Crippen LogP) is 4.65. The molecule has 0 N–H and O–H groups in total. The summed E-state index contributed by atoms with van der Waals surface area (Å²) in [7, 11) is 0. The average Bonchev–Trinajstić information content (AvgIpc) is 2.27. The quantitative estimate of drug-likeness (QED) is 0.767.